The minimum atomic E-state index is 0.194. The number of rotatable bonds is 2. The van der Waals surface area contributed by atoms with Gasteiger partial charge in [0.25, 0.3) is 0 Å². The van der Waals surface area contributed by atoms with Gasteiger partial charge in [0.05, 0.1) is 5.69 Å². The van der Waals surface area contributed by atoms with Crippen LogP contribution in [0.1, 0.15) is 27.9 Å². The quantitative estimate of drug-likeness (QED) is 0.692. The summed E-state index contributed by atoms with van der Waals surface area (Å²) in [5, 5.41) is 0. The average molecular weight is 315 g/mol. The molecule has 120 valence electrons. The van der Waals surface area contributed by atoms with Crippen LogP contribution in [0.2, 0.25) is 0 Å². The Kier molecular flexibility index (Phi) is 3.61. The molecule has 0 spiro atoms. The van der Waals surface area contributed by atoms with Gasteiger partial charge in [0.2, 0.25) is 0 Å². The Morgan fingerprint density at radius 1 is 0.958 bits per heavy atom. The summed E-state index contributed by atoms with van der Waals surface area (Å²) in [5.74, 6) is 0. The van der Waals surface area contributed by atoms with E-state index >= 15 is 0 Å². The smallest absolute Gasteiger partial charge is 0.188 e. The zero-order valence-corrected chi connectivity index (χ0v) is 14.2. The molecule has 0 atom stereocenters. The minimum absolute atomic E-state index is 0.194. The van der Waals surface area contributed by atoms with Crippen molar-refractivity contribution < 1.29 is 0 Å². The summed E-state index contributed by atoms with van der Waals surface area (Å²) in [5.41, 5.74) is 7.96. The van der Waals surface area contributed by atoms with Crippen LogP contribution in [0.15, 0.2) is 59.4 Å². The van der Waals surface area contributed by atoms with Crippen molar-refractivity contribution in [2.75, 3.05) is 0 Å². The van der Waals surface area contributed by atoms with Crippen molar-refractivity contribution in [1.82, 2.24) is 4.57 Å². The third-order valence-electron chi connectivity index (χ3n) is 5.18. The van der Waals surface area contributed by atoms with E-state index in [0.717, 1.165) is 35.5 Å². The number of hydrogen-bond donors (Lipinski definition) is 0. The molecule has 24 heavy (non-hydrogen) atoms. The first-order valence-corrected chi connectivity index (χ1v) is 8.52. The number of nitrogens with zero attached hydrogens (tertiary/aromatic N) is 1. The van der Waals surface area contributed by atoms with Gasteiger partial charge in [-0.15, -0.1) is 0 Å². The molecular formula is C22H21NO. The maximum Gasteiger partial charge on any atom is 0.188 e. The summed E-state index contributed by atoms with van der Waals surface area (Å²) in [7, 11) is 0. The number of hydrogen-bond acceptors (Lipinski definition) is 1. The summed E-state index contributed by atoms with van der Waals surface area (Å²) >= 11 is 0. The molecule has 1 aromatic heterocycles. The van der Waals surface area contributed by atoms with Crippen LogP contribution in [-0.4, -0.2) is 4.57 Å². The molecule has 2 aromatic carbocycles. The molecule has 2 heterocycles. The van der Waals surface area contributed by atoms with Gasteiger partial charge in [-0.05, 0) is 31.4 Å². The van der Waals surface area contributed by atoms with Crippen molar-refractivity contribution in [3.05, 3.63) is 92.8 Å². The molecule has 0 saturated carbocycles. The van der Waals surface area contributed by atoms with E-state index in [0.29, 0.717) is 6.42 Å². The van der Waals surface area contributed by atoms with Crippen molar-refractivity contribution in [3.63, 3.8) is 0 Å². The van der Waals surface area contributed by atoms with Crippen molar-refractivity contribution >= 4 is 0 Å². The third-order valence-corrected chi connectivity index (χ3v) is 5.18. The molecule has 0 bridgehead atoms. The first-order valence-electron chi connectivity index (χ1n) is 8.52. The largest absolute Gasteiger partial charge is 0.344 e. The zero-order chi connectivity index (χ0) is 16.7. The molecule has 0 amide bonds. The van der Waals surface area contributed by atoms with E-state index in [4.69, 9.17) is 0 Å². The molecule has 2 heteroatoms. The lowest BCUT2D eigenvalue weighted by Gasteiger charge is -2.27. The second kappa shape index (κ2) is 5.79. The van der Waals surface area contributed by atoms with Crippen molar-refractivity contribution in [2.24, 2.45) is 0 Å². The summed E-state index contributed by atoms with van der Waals surface area (Å²) in [6.45, 7) is 5.02. The Morgan fingerprint density at radius 2 is 1.67 bits per heavy atom. The standard InChI is InChI=1S/C22H21NO/c1-15-21-19-11-7-6-10-18(19)12-13-23(21)16(2)20(22(15)24)14-17-8-4-3-5-9-17/h3-11H,12-14H2,1-2H3. The van der Waals surface area contributed by atoms with Crippen LogP contribution in [0.3, 0.4) is 0 Å². The molecule has 0 fully saturated rings. The molecule has 0 aliphatic carbocycles. The van der Waals surface area contributed by atoms with E-state index in [-0.39, 0.29) is 5.43 Å². The van der Waals surface area contributed by atoms with Gasteiger partial charge in [-0.25, -0.2) is 0 Å². The predicted molar refractivity (Wildman–Crippen MR) is 98.6 cm³/mol. The third kappa shape index (κ3) is 2.30. The number of fused-ring (bicyclic) bond motifs is 3. The molecule has 0 radical (unpaired) electrons. The van der Waals surface area contributed by atoms with Gasteiger partial charge in [0.15, 0.2) is 5.43 Å². The first-order chi connectivity index (χ1) is 11.7. The average Bonchev–Trinajstić information content (AvgIpc) is 2.63. The van der Waals surface area contributed by atoms with Crippen LogP contribution in [0, 0.1) is 13.8 Å². The maximum atomic E-state index is 13.1. The van der Waals surface area contributed by atoms with E-state index in [1.165, 1.54) is 16.7 Å². The molecule has 0 saturated heterocycles. The minimum Gasteiger partial charge on any atom is -0.344 e. The van der Waals surface area contributed by atoms with E-state index in [1.807, 2.05) is 25.1 Å². The number of aromatic nitrogens is 1. The van der Waals surface area contributed by atoms with Crippen LogP contribution in [0.5, 0.6) is 0 Å². The van der Waals surface area contributed by atoms with E-state index in [9.17, 15) is 4.79 Å². The second-order valence-electron chi connectivity index (χ2n) is 6.59. The molecule has 0 unspecified atom stereocenters. The predicted octanol–water partition coefficient (Wildman–Crippen LogP) is 4.28. The van der Waals surface area contributed by atoms with Gasteiger partial charge >= 0.3 is 0 Å². The molecule has 1 aliphatic rings. The van der Waals surface area contributed by atoms with Crippen molar-refractivity contribution in [3.8, 4) is 11.3 Å². The van der Waals surface area contributed by atoms with Crippen LogP contribution >= 0.6 is 0 Å². The highest BCUT2D eigenvalue weighted by molar-refractivity contribution is 5.69. The topological polar surface area (TPSA) is 22.0 Å². The van der Waals surface area contributed by atoms with E-state index in [1.54, 1.807) is 0 Å². The van der Waals surface area contributed by atoms with E-state index < -0.39 is 0 Å². The summed E-state index contributed by atoms with van der Waals surface area (Å²) in [6.07, 6.45) is 1.73. The maximum absolute atomic E-state index is 13.1. The van der Waals surface area contributed by atoms with E-state index in [2.05, 4.69) is 47.9 Å². The van der Waals surface area contributed by atoms with Crippen LogP contribution in [0.4, 0.5) is 0 Å². The fraction of sp³-hybridized carbons (Fsp3) is 0.227. The highest BCUT2D eigenvalue weighted by Gasteiger charge is 2.22. The Hall–Kier alpha value is -2.61. The summed E-state index contributed by atoms with van der Waals surface area (Å²) < 4.78 is 2.34. The number of benzene rings is 2. The Balaban J connectivity index is 1.92. The van der Waals surface area contributed by atoms with Gasteiger partial charge in [-0.2, -0.15) is 0 Å². The lowest BCUT2D eigenvalue weighted by molar-refractivity contribution is 0.649. The van der Waals surface area contributed by atoms with Gasteiger partial charge in [-0.1, -0.05) is 54.6 Å². The molecule has 4 rings (SSSR count). The van der Waals surface area contributed by atoms with Gasteiger partial charge < -0.3 is 4.57 Å². The van der Waals surface area contributed by atoms with Crippen molar-refractivity contribution in [1.29, 1.82) is 0 Å². The monoisotopic (exact) mass is 315 g/mol. The molecular weight excluding hydrogens is 294 g/mol. The first kappa shape index (κ1) is 14.9. The lowest BCUT2D eigenvalue weighted by Crippen LogP contribution is -2.26. The summed E-state index contributed by atoms with van der Waals surface area (Å²) in [6, 6.07) is 18.7. The zero-order valence-electron chi connectivity index (χ0n) is 14.2. The Bertz CT molecular complexity index is 967. The lowest BCUT2D eigenvalue weighted by atomic mass is 9.91. The normalized spacial score (nSPS) is 12.6. The number of pyridine rings is 1. The summed E-state index contributed by atoms with van der Waals surface area (Å²) in [4.78, 5) is 13.1. The molecule has 0 N–H and O–H groups in total. The van der Waals surface area contributed by atoms with Crippen LogP contribution in [0.25, 0.3) is 11.3 Å². The van der Waals surface area contributed by atoms with Gasteiger partial charge in [-0.3, -0.25) is 4.79 Å². The second-order valence-corrected chi connectivity index (χ2v) is 6.59. The van der Waals surface area contributed by atoms with Gasteiger partial charge in [0.1, 0.15) is 0 Å². The highest BCUT2D eigenvalue weighted by Crippen LogP contribution is 2.32. The SMILES string of the molecule is Cc1c2n(c(C)c(Cc3ccccc3)c1=O)CCc1ccccc1-2. The molecule has 2 nitrogen and oxygen atoms in total. The Morgan fingerprint density at radius 3 is 2.46 bits per heavy atom. The fourth-order valence-corrected chi connectivity index (χ4v) is 3.87. The van der Waals surface area contributed by atoms with Crippen molar-refractivity contribution in [2.45, 2.75) is 33.2 Å². The number of aryl methyl sites for hydroxylation is 1. The Labute approximate surface area is 142 Å². The van der Waals surface area contributed by atoms with Crippen LogP contribution < -0.4 is 5.43 Å². The fourth-order valence-electron chi connectivity index (χ4n) is 3.87. The molecule has 1 aliphatic heterocycles. The van der Waals surface area contributed by atoms with Crippen LogP contribution in [-0.2, 0) is 19.4 Å². The highest BCUT2D eigenvalue weighted by atomic mass is 16.1. The van der Waals surface area contributed by atoms with Gasteiger partial charge in [0, 0.05) is 35.3 Å². The molecule has 3 aromatic rings.